The fraction of sp³-hybridized carbons (Fsp3) is 0.500. The molecule has 0 aliphatic heterocycles. The zero-order chi connectivity index (χ0) is 11.3. The lowest BCUT2D eigenvalue weighted by Gasteiger charge is -2.16. The number of ether oxygens (including phenoxy) is 1. The number of benzene rings is 1. The van der Waals surface area contributed by atoms with E-state index in [2.05, 4.69) is 34.2 Å². The second-order valence-corrected chi connectivity index (χ2v) is 4.47. The first kappa shape index (κ1) is 12.5. The maximum Gasteiger partial charge on any atom is 0.122 e. The predicted molar refractivity (Wildman–Crippen MR) is 67.5 cm³/mol. The van der Waals surface area contributed by atoms with Gasteiger partial charge in [-0.3, -0.25) is 0 Å². The lowest BCUT2D eigenvalue weighted by molar-refractivity contribution is 0.405. The summed E-state index contributed by atoms with van der Waals surface area (Å²) in [7, 11) is 3.71. The van der Waals surface area contributed by atoms with E-state index in [0.717, 1.165) is 23.1 Å². The van der Waals surface area contributed by atoms with Crippen molar-refractivity contribution in [2.75, 3.05) is 14.2 Å². The van der Waals surface area contributed by atoms with Gasteiger partial charge >= 0.3 is 0 Å². The lowest BCUT2D eigenvalue weighted by atomic mass is 10.0. The molecule has 0 spiro atoms. The summed E-state index contributed by atoms with van der Waals surface area (Å²) < 4.78 is 6.44. The van der Waals surface area contributed by atoms with Crippen LogP contribution in [0.4, 0.5) is 0 Å². The SMILES string of the molecule is CCC(Cc1cc(Br)ccc1OC)NC. The molecule has 3 heteroatoms. The Labute approximate surface area is 100 Å². The molecule has 1 rings (SSSR count). The van der Waals surface area contributed by atoms with Crippen LogP contribution in [0.5, 0.6) is 5.75 Å². The van der Waals surface area contributed by atoms with E-state index in [1.54, 1.807) is 7.11 Å². The number of rotatable bonds is 5. The van der Waals surface area contributed by atoms with Crippen LogP contribution in [0.2, 0.25) is 0 Å². The molecule has 2 nitrogen and oxygen atoms in total. The van der Waals surface area contributed by atoms with Crippen LogP contribution in [0.25, 0.3) is 0 Å². The molecule has 1 N–H and O–H groups in total. The van der Waals surface area contributed by atoms with Crippen molar-refractivity contribution in [1.82, 2.24) is 5.32 Å². The molecule has 0 aromatic heterocycles. The van der Waals surface area contributed by atoms with Gasteiger partial charge < -0.3 is 10.1 Å². The van der Waals surface area contributed by atoms with Crippen molar-refractivity contribution < 1.29 is 4.74 Å². The maximum atomic E-state index is 5.34. The highest BCUT2D eigenvalue weighted by Crippen LogP contribution is 2.24. The van der Waals surface area contributed by atoms with Crippen LogP contribution in [0.15, 0.2) is 22.7 Å². The molecule has 0 heterocycles. The van der Waals surface area contributed by atoms with Gasteiger partial charge in [-0.15, -0.1) is 0 Å². The molecule has 0 fully saturated rings. The molecule has 0 saturated carbocycles. The first-order valence-electron chi connectivity index (χ1n) is 5.21. The van der Waals surface area contributed by atoms with Crippen molar-refractivity contribution in [1.29, 1.82) is 0 Å². The van der Waals surface area contributed by atoms with E-state index in [1.165, 1.54) is 5.56 Å². The quantitative estimate of drug-likeness (QED) is 0.889. The topological polar surface area (TPSA) is 21.3 Å². The highest BCUT2D eigenvalue weighted by atomic mass is 79.9. The third-order valence-corrected chi connectivity index (χ3v) is 3.10. The Balaban J connectivity index is 2.86. The van der Waals surface area contributed by atoms with E-state index in [-0.39, 0.29) is 0 Å². The Bertz CT molecular complexity index is 310. The zero-order valence-electron chi connectivity index (χ0n) is 9.51. The van der Waals surface area contributed by atoms with Crippen molar-refractivity contribution >= 4 is 15.9 Å². The van der Waals surface area contributed by atoms with Crippen LogP contribution >= 0.6 is 15.9 Å². The number of hydrogen-bond acceptors (Lipinski definition) is 2. The van der Waals surface area contributed by atoms with Gasteiger partial charge in [0.2, 0.25) is 0 Å². The Morgan fingerprint density at radius 3 is 2.73 bits per heavy atom. The molecule has 1 aromatic carbocycles. The Morgan fingerprint density at radius 1 is 1.47 bits per heavy atom. The third-order valence-electron chi connectivity index (χ3n) is 2.61. The number of methoxy groups -OCH3 is 1. The summed E-state index contributed by atoms with van der Waals surface area (Å²) in [5.74, 6) is 0.965. The fourth-order valence-electron chi connectivity index (χ4n) is 1.62. The van der Waals surface area contributed by atoms with Gasteiger partial charge in [-0.05, 0) is 43.7 Å². The summed E-state index contributed by atoms with van der Waals surface area (Å²) in [5.41, 5.74) is 1.24. The Hall–Kier alpha value is -0.540. The second kappa shape index (κ2) is 6.13. The number of hydrogen-bond donors (Lipinski definition) is 1. The molecule has 1 atom stereocenters. The summed E-state index contributed by atoms with van der Waals surface area (Å²) in [5, 5.41) is 3.30. The summed E-state index contributed by atoms with van der Waals surface area (Å²) >= 11 is 3.48. The second-order valence-electron chi connectivity index (χ2n) is 3.55. The Kier molecular flexibility index (Phi) is 5.12. The van der Waals surface area contributed by atoms with E-state index in [9.17, 15) is 0 Å². The first-order valence-corrected chi connectivity index (χ1v) is 6.00. The summed E-state index contributed by atoms with van der Waals surface area (Å²) in [4.78, 5) is 0. The zero-order valence-corrected chi connectivity index (χ0v) is 11.1. The van der Waals surface area contributed by atoms with Gasteiger partial charge in [-0.25, -0.2) is 0 Å². The van der Waals surface area contributed by atoms with Crippen LogP contribution < -0.4 is 10.1 Å². The van der Waals surface area contributed by atoms with E-state index in [1.807, 2.05) is 19.2 Å². The highest BCUT2D eigenvalue weighted by Gasteiger charge is 2.09. The molecule has 1 unspecified atom stereocenters. The van der Waals surface area contributed by atoms with Gasteiger partial charge in [-0.2, -0.15) is 0 Å². The molecule has 0 aliphatic carbocycles. The van der Waals surface area contributed by atoms with Crippen LogP contribution in [0.1, 0.15) is 18.9 Å². The maximum absolute atomic E-state index is 5.34. The number of halogens is 1. The van der Waals surface area contributed by atoms with E-state index in [4.69, 9.17) is 4.74 Å². The van der Waals surface area contributed by atoms with Gasteiger partial charge in [0.05, 0.1) is 7.11 Å². The summed E-state index contributed by atoms with van der Waals surface area (Å²) in [6.45, 7) is 2.19. The van der Waals surface area contributed by atoms with E-state index < -0.39 is 0 Å². The molecule has 1 aromatic rings. The predicted octanol–water partition coefficient (Wildman–Crippen LogP) is 3.00. The first-order chi connectivity index (χ1) is 7.21. The fourth-order valence-corrected chi connectivity index (χ4v) is 2.03. The van der Waals surface area contributed by atoms with E-state index >= 15 is 0 Å². The van der Waals surface area contributed by atoms with Crippen molar-refractivity contribution in [3.05, 3.63) is 28.2 Å². The minimum atomic E-state index is 0.508. The van der Waals surface area contributed by atoms with Crippen molar-refractivity contribution in [2.45, 2.75) is 25.8 Å². The van der Waals surface area contributed by atoms with Gasteiger partial charge in [0.15, 0.2) is 0 Å². The standard InChI is InChI=1S/C12H18BrNO/c1-4-11(14-2)8-9-7-10(13)5-6-12(9)15-3/h5-7,11,14H,4,8H2,1-3H3. The summed E-state index contributed by atoms with van der Waals surface area (Å²) in [6.07, 6.45) is 2.11. The lowest BCUT2D eigenvalue weighted by Crippen LogP contribution is -2.26. The third kappa shape index (κ3) is 3.50. The van der Waals surface area contributed by atoms with E-state index in [0.29, 0.717) is 6.04 Å². The normalized spacial score (nSPS) is 12.5. The molecule has 0 aliphatic rings. The molecular formula is C12H18BrNO. The van der Waals surface area contributed by atoms with Crippen molar-refractivity contribution in [3.8, 4) is 5.75 Å². The smallest absolute Gasteiger partial charge is 0.122 e. The number of nitrogens with one attached hydrogen (secondary N) is 1. The van der Waals surface area contributed by atoms with Gasteiger partial charge in [0.25, 0.3) is 0 Å². The molecular weight excluding hydrogens is 254 g/mol. The van der Waals surface area contributed by atoms with Crippen LogP contribution in [-0.2, 0) is 6.42 Å². The van der Waals surface area contributed by atoms with Crippen LogP contribution in [-0.4, -0.2) is 20.2 Å². The van der Waals surface area contributed by atoms with Crippen LogP contribution in [0.3, 0.4) is 0 Å². The van der Waals surface area contributed by atoms with Gasteiger partial charge in [0.1, 0.15) is 5.75 Å². The van der Waals surface area contributed by atoms with Gasteiger partial charge in [0, 0.05) is 10.5 Å². The molecule has 0 amide bonds. The molecule has 0 bridgehead atoms. The summed E-state index contributed by atoms with van der Waals surface area (Å²) in [6, 6.07) is 6.64. The van der Waals surface area contributed by atoms with Crippen LogP contribution in [0, 0.1) is 0 Å². The molecule has 84 valence electrons. The van der Waals surface area contributed by atoms with Gasteiger partial charge in [-0.1, -0.05) is 22.9 Å². The average molecular weight is 272 g/mol. The Morgan fingerprint density at radius 2 is 2.20 bits per heavy atom. The molecule has 15 heavy (non-hydrogen) atoms. The largest absolute Gasteiger partial charge is 0.496 e. The number of likely N-dealkylation sites (N-methyl/N-ethyl adjacent to an activating group) is 1. The average Bonchev–Trinajstić information content (AvgIpc) is 2.26. The van der Waals surface area contributed by atoms with Crippen molar-refractivity contribution in [3.63, 3.8) is 0 Å². The molecule has 0 radical (unpaired) electrons. The molecule has 0 saturated heterocycles. The minimum absolute atomic E-state index is 0.508. The van der Waals surface area contributed by atoms with Crippen molar-refractivity contribution in [2.24, 2.45) is 0 Å². The monoisotopic (exact) mass is 271 g/mol. The highest BCUT2D eigenvalue weighted by molar-refractivity contribution is 9.10. The minimum Gasteiger partial charge on any atom is -0.496 e.